The smallest absolute Gasteiger partial charge is 0.262 e. The zero-order valence-electron chi connectivity index (χ0n) is 14.0. The molecule has 1 atom stereocenters. The molecule has 4 amide bonds. The van der Waals surface area contributed by atoms with Gasteiger partial charge in [0.2, 0.25) is 5.91 Å². The van der Waals surface area contributed by atoms with Gasteiger partial charge < -0.3 is 10.2 Å². The normalized spacial score (nSPS) is 21.9. The number of carbonyl (C=O) groups excluding carboxylic acids is 4. The van der Waals surface area contributed by atoms with Crippen molar-refractivity contribution in [3.8, 4) is 0 Å². The van der Waals surface area contributed by atoms with Crippen molar-refractivity contribution in [3.63, 3.8) is 0 Å². The van der Waals surface area contributed by atoms with Crippen LogP contribution in [-0.2, 0) is 9.59 Å². The lowest BCUT2D eigenvalue weighted by Crippen LogP contribution is -2.51. The molecule has 4 rings (SSSR count). The van der Waals surface area contributed by atoms with Gasteiger partial charge in [-0.05, 0) is 18.2 Å². The molecule has 0 aromatic heterocycles. The van der Waals surface area contributed by atoms with Gasteiger partial charge in [-0.3, -0.25) is 29.4 Å². The van der Waals surface area contributed by atoms with Gasteiger partial charge >= 0.3 is 0 Å². The summed E-state index contributed by atoms with van der Waals surface area (Å²) in [7, 11) is 0. The predicted molar refractivity (Wildman–Crippen MR) is 95.3 cm³/mol. The lowest BCUT2D eigenvalue weighted by Gasteiger charge is -2.29. The molecular weight excluding hydrogens is 379 g/mol. The molecule has 2 N–H and O–H groups in total. The number of fused-ring (bicyclic) bond motifs is 1. The zero-order chi connectivity index (χ0) is 18.4. The number of benzene rings is 1. The first kappa shape index (κ1) is 19.0. The lowest BCUT2D eigenvalue weighted by atomic mass is 10.1. The number of imide groups is 2. The molecule has 8 nitrogen and oxygen atoms in total. The summed E-state index contributed by atoms with van der Waals surface area (Å²) < 4.78 is 14.5. The fourth-order valence-corrected chi connectivity index (χ4v) is 3.37. The second-order valence-corrected chi connectivity index (χ2v) is 6.22. The lowest BCUT2D eigenvalue weighted by molar-refractivity contribution is -0.130. The number of hydrogen-bond acceptors (Lipinski definition) is 6. The quantitative estimate of drug-likeness (QED) is 0.676. The van der Waals surface area contributed by atoms with Crippen LogP contribution >= 0.6 is 12.4 Å². The topological polar surface area (TPSA) is 98.8 Å². The molecule has 3 aliphatic rings. The van der Waals surface area contributed by atoms with Crippen molar-refractivity contribution in [1.29, 1.82) is 0 Å². The zero-order valence-corrected chi connectivity index (χ0v) is 14.8. The first-order valence-electron chi connectivity index (χ1n) is 8.17. The van der Waals surface area contributed by atoms with Crippen molar-refractivity contribution < 1.29 is 23.6 Å². The van der Waals surface area contributed by atoms with Gasteiger partial charge in [0.05, 0.1) is 16.8 Å². The van der Waals surface area contributed by atoms with Crippen LogP contribution in [0.15, 0.2) is 24.3 Å². The van der Waals surface area contributed by atoms with E-state index in [4.69, 9.17) is 0 Å². The van der Waals surface area contributed by atoms with E-state index in [0.29, 0.717) is 26.2 Å². The van der Waals surface area contributed by atoms with Gasteiger partial charge in [-0.2, -0.15) is 0 Å². The number of amides is 4. The monoisotopic (exact) mass is 394 g/mol. The summed E-state index contributed by atoms with van der Waals surface area (Å²) in [6.45, 7) is 2.54. The van der Waals surface area contributed by atoms with Gasteiger partial charge in [-0.25, -0.2) is 4.39 Å². The fourth-order valence-electron chi connectivity index (χ4n) is 3.37. The Kier molecular flexibility index (Phi) is 4.99. The molecule has 1 aromatic carbocycles. The van der Waals surface area contributed by atoms with Crippen LogP contribution < -0.4 is 15.5 Å². The van der Waals surface area contributed by atoms with Crippen LogP contribution in [0.3, 0.4) is 0 Å². The number of carbonyl (C=O) groups is 4. The van der Waals surface area contributed by atoms with E-state index < -0.39 is 35.5 Å². The molecule has 0 aliphatic carbocycles. The van der Waals surface area contributed by atoms with Crippen molar-refractivity contribution in [2.45, 2.75) is 6.04 Å². The van der Waals surface area contributed by atoms with Crippen LogP contribution in [0.4, 0.5) is 10.1 Å². The summed E-state index contributed by atoms with van der Waals surface area (Å²) in [6.07, 6.45) is 2.28. The Bertz CT molecular complexity index is 882. The number of piperazine rings is 1. The Morgan fingerprint density at radius 1 is 1.00 bits per heavy atom. The highest BCUT2D eigenvalue weighted by Crippen LogP contribution is 2.32. The van der Waals surface area contributed by atoms with Gasteiger partial charge in [0, 0.05) is 32.3 Å². The maximum atomic E-state index is 14.5. The molecular formula is C17H16ClFN4O4. The molecule has 142 valence electrons. The summed E-state index contributed by atoms with van der Waals surface area (Å²) in [5.41, 5.74) is 0.236. The molecule has 1 fully saturated rings. The minimum atomic E-state index is -1.23. The molecule has 1 unspecified atom stereocenters. The van der Waals surface area contributed by atoms with Crippen molar-refractivity contribution in [2.24, 2.45) is 0 Å². The Hall–Kier alpha value is -2.78. The Morgan fingerprint density at radius 2 is 1.63 bits per heavy atom. The average molecular weight is 395 g/mol. The summed E-state index contributed by atoms with van der Waals surface area (Å²) in [4.78, 5) is 51.1. The molecule has 0 bridgehead atoms. The highest BCUT2D eigenvalue weighted by molar-refractivity contribution is 6.24. The van der Waals surface area contributed by atoms with Crippen molar-refractivity contribution in [3.05, 3.63) is 41.2 Å². The molecule has 0 radical (unpaired) electrons. The minimum Gasteiger partial charge on any atom is -0.367 e. The van der Waals surface area contributed by atoms with E-state index >= 15 is 0 Å². The first-order chi connectivity index (χ1) is 12.5. The average Bonchev–Trinajstić information content (AvgIpc) is 2.86. The summed E-state index contributed by atoms with van der Waals surface area (Å²) in [5, 5.41) is 5.21. The number of nitrogens with zero attached hydrogens (tertiary/aromatic N) is 2. The van der Waals surface area contributed by atoms with Gasteiger partial charge in [0.1, 0.15) is 11.9 Å². The summed E-state index contributed by atoms with van der Waals surface area (Å²) in [5.74, 6) is -3.41. The van der Waals surface area contributed by atoms with Gasteiger partial charge in [0.15, 0.2) is 0 Å². The fraction of sp³-hybridized carbons (Fsp3) is 0.294. The molecule has 10 heteroatoms. The largest absolute Gasteiger partial charge is 0.367 e. The number of rotatable bonds is 2. The van der Waals surface area contributed by atoms with E-state index in [2.05, 4.69) is 5.32 Å². The van der Waals surface area contributed by atoms with E-state index in [1.165, 1.54) is 12.1 Å². The molecule has 0 spiro atoms. The van der Waals surface area contributed by atoms with Crippen LogP contribution in [-0.4, -0.2) is 60.7 Å². The maximum Gasteiger partial charge on any atom is 0.262 e. The molecule has 0 saturated carbocycles. The third kappa shape index (κ3) is 3.08. The van der Waals surface area contributed by atoms with Crippen molar-refractivity contribution in [1.82, 2.24) is 15.5 Å². The van der Waals surface area contributed by atoms with E-state index in [1.807, 2.05) is 5.32 Å². The Balaban J connectivity index is 0.00000210. The predicted octanol–water partition coefficient (Wildman–Crippen LogP) is -0.166. The third-order valence-corrected chi connectivity index (χ3v) is 4.67. The molecule has 1 aromatic rings. The highest BCUT2D eigenvalue weighted by Gasteiger charge is 2.44. The second kappa shape index (κ2) is 7.09. The number of hydrogen-bond donors (Lipinski definition) is 2. The maximum absolute atomic E-state index is 14.5. The first-order valence-corrected chi connectivity index (χ1v) is 8.17. The van der Waals surface area contributed by atoms with Crippen LogP contribution in [0.25, 0.3) is 0 Å². The van der Waals surface area contributed by atoms with Crippen molar-refractivity contribution in [2.75, 3.05) is 31.1 Å². The van der Waals surface area contributed by atoms with Gasteiger partial charge in [0.25, 0.3) is 17.7 Å². The van der Waals surface area contributed by atoms with Crippen LogP contribution in [0, 0.1) is 5.82 Å². The van der Waals surface area contributed by atoms with Gasteiger partial charge in [-0.1, -0.05) is 0 Å². The summed E-state index contributed by atoms with van der Waals surface area (Å²) >= 11 is 0. The van der Waals surface area contributed by atoms with E-state index in [-0.39, 0.29) is 29.2 Å². The van der Waals surface area contributed by atoms with E-state index in [9.17, 15) is 23.6 Å². The van der Waals surface area contributed by atoms with E-state index in [1.54, 1.807) is 4.90 Å². The second-order valence-electron chi connectivity index (χ2n) is 6.22. The third-order valence-electron chi connectivity index (χ3n) is 4.67. The highest BCUT2D eigenvalue weighted by atomic mass is 35.5. The standard InChI is InChI=1S/C17H15FN4O4.ClH/c18-11-7-9-10(8-13(11)21-5-3-19-4-6-21)17(26)22(16(9)25)12-1-2-14(23)20-15(12)24;/h1-2,7-8,12,19H,3-6H2,(H,20,23,24);1H. The Labute approximate surface area is 159 Å². The molecule has 3 aliphatic heterocycles. The summed E-state index contributed by atoms with van der Waals surface area (Å²) in [6, 6.07) is 1.18. The number of halogens is 2. The molecule has 1 saturated heterocycles. The number of anilines is 1. The number of nitrogens with one attached hydrogen (secondary N) is 2. The van der Waals surface area contributed by atoms with Crippen molar-refractivity contribution >= 4 is 41.7 Å². The van der Waals surface area contributed by atoms with Crippen LogP contribution in [0.5, 0.6) is 0 Å². The van der Waals surface area contributed by atoms with Crippen LogP contribution in [0.2, 0.25) is 0 Å². The molecule has 3 heterocycles. The minimum absolute atomic E-state index is 0. The van der Waals surface area contributed by atoms with E-state index in [0.717, 1.165) is 17.0 Å². The SMILES string of the molecule is Cl.O=C1C=CC(N2C(=O)c3cc(F)c(N4CCNCC4)cc3C2=O)C(=O)N1. The van der Waals surface area contributed by atoms with Gasteiger partial charge in [-0.15, -0.1) is 12.4 Å². The molecule has 27 heavy (non-hydrogen) atoms. The van der Waals surface area contributed by atoms with Crippen LogP contribution in [0.1, 0.15) is 20.7 Å². The Morgan fingerprint density at radius 3 is 2.26 bits per heavy atom.